The van der Waals surface area contributed by atoms with Crippen LogP contribution in [0.1, 0.15) is 52.9 Å². The summed E-state index contributed by atoms with van der Waals surface area (Å²) in [4.78, 5) is 23.0. The number of hydrogen-bond acceptors (Lipinski definition) is 3. The second-order valence-electron chi connectivity index (χ2n) is 6.05. The smallest absolute Gasteiger partial charge is 0.330 e. The molecule has 1 unspecified atom stereocenters. The van der Waals surface area contributed by atoms with Gasteiger partial charge in [-0.1, -0.05) is 32.4 Å². The lowest BCUT2D eigenvalue weighted by Gasteiger charge is -2.22. The van der Waals surface area contributed by atoms with Gasteiger partial charge in [-0.25, -0.2) is 4.79 Å². The predicted molar refractivity (Wildman–Crippen MR) is 80.3 cm³/mol. The van der Waals surface area contributed by atoms with Gasteiger partial charge < -0.3 is 4.74 Å². The molecule has 0 aromatic carbocycles. The van der Waals surface area contributed by atoms with Gasteiger partial charge in [0.2, 0.25) is 0 Å². The van der Waals surface area contributed by atoms with E-state index >= 15 is 0 Å². The third-order valence-electron chi connectivity index (χ3n) is 3.70. The number of carbonyl (C=O) groups is 2. The molecule has 3 nitrogen and oxygen atoms in total. The Morgan fingerprint density at radius 2 is 2.25 bits per heavy atom. The van der Waals surface area contributed by atoms with Crippen molar-refractivity contribution >= 4 is 11.8 Å². The van der Waals surface area contributed by atoms with Crippen molar-refractivity contribution in [3.63, 3.8) is 0 Å². The van der Waals surface area contributed by atoms with Gasteiger partial charge in [0.25, 0.3) is 0 Å². The van der Waals surface area contributed by atoms with E-state index in [4.69, 9.17) is 4.74 Å². The van der Waals surface area contributed by atoms with Crippen molar-refractivity contribution < 1.29 is 14.3 Å². The summed E-state index contributed by atoms with van der Waals surface area (Å²) in [6.07, 6.45) is 12.0. The van der Waals surface area contributed by atoms with Crippen LogP contribution in [0.15, 0.2) is 24.3 Å². The number of hydrogen-bond donors (Lipinski definition) is 0. The van der Waals surface area contributed by atoms with Crippen molar-refractivity contribution in [3.05, 3.63) is 24.3 Å². The minimum Gasteiger partial charge on any atom is -0.463 e. The molecular formula is C17H26O3. The molecule has 0 saturated heterocycles. The molecule has 0 radical (unpaired) electrons. The van der Waals surface area contributed by atoms with Gasteiger partial charge >= 0.3 is 5.97 Å². The van der Waals surface area contributed by atoms with E-state index in [1.807, 2.05) is 12.2 Å². The number of allylic oxidation sites excluding steroid dienone is 3. The maximum absolute atomic E-state index is 11.7. The zero-order chi connectivity index (χ0) is 15.0. The van der Waals surface area contributed by atoms with E-state index in [1.54, 1.807) is 13.0 Å². The molecule has 3 heteroatoms. The zero-order valence-electron chi connectivity index (χ0n) is 12.9. The number of ketones is 1. The molecule has 112 valence electrons. The van der Waals surface area contributed by atoms with Crippen molar-refractivity contribution in [2.24, 2.45) is 11.3 Å². The van der Waals surface area contributed by atoms with Crippen molar-refractivity contribution in [1.29, 1.82) is 0 Å². The molecule has 1 aliphatic rings. The lowest BCUT2D eigenvalue weighted by molar-refractivity contribution is -0.137. The fourth-order valence-electron chi connectivity index (χ4n) is 2.43. The monoisotopic (exact) mass is 278 g/mol. The topological polar surface area (TPSA) is 43.4 Å². The van der Waals surface area contributed by atoms with E-state index < -0.39 is 0 Å². The Morgan fingerprint density at radius 3 is 2.90 bits per heavy atom. The molecule has 0 fully saturated rings. The number of rotatable bonds is 7. The third kappa shape index (κ3) is 6.18. The minimum atomic E-state index is -0.284. The Labute approximate surface area is 122 Å². The summed E-state index contributed by atoms with van der Waals surface area (Å²) in [5, 5.41) is 0. The predicted octanol–water partition coefficient (Wildman–Crippen LogP) is 3.84. The van der Waals surface area contributed by atoms with Gasteiger partial charge in [-0.3, -0.25) is 4.79 Å². The van der Waals surface area contributed by atoms with Gasteiger partial charge in [-0.2, -0.15) is 0 Å². The molecule has 1 atom stereocenters. The molecule has 0 aromatic rings. The van der Waals surface area contributed by atoms with Crippen molar-refractivity contribution in [3.8, 4) is 0 Å². The van der Waals surface area contributed by atoms with Crippen LogP contribution in [0.3, 0.4) is 0 Å². The van der Waals surface area contributed by atoms with Crippen LogP contribution in [0, 0.1) is 11.3 Å². The quantitative estimate of drug-likeness (QED) is 0.525. The summed E-state index contributed by atoms with van der Waals surface area (Å²) in [5.74, 6) is 0.189. The number of carbonyl (C=O) groups excluding carboxylic acids is 2. The first-order valence-electron chi connectivity index (χ1n) is 7.51. The van der Waals surface area contributed by atoms with Crippen LogP contribution in [0.25, 0.3) is 0 Å². The lowest BCUT2D eigenvalue weighted by atomic mass is 9.82. The average Bonchev–Trinajstić information content (AvgIpc) is 2.39. The maximum Gasteiger partial charge on any atom is 0.330 e. The number of ether oxygens (including phenoxy) is 1. The van der Waals surface area contributed by atoms with Crippen LogP contribution >= 0.6 is 0 Å². The SMILES string of the molecule is CCOC(=O)C=CC(C)(C)CCCC1CCC=CC1=O. The highest BCUT2D eigenvalue weighted by Gasteiger charge is 2.20. The van der Waals surface area contributed by atoms with Crippen molar-refractivity contribution in [1.82, 2.24) is 0 Å². The summed E-state index contributed by atoms with van der Waals surface area (Å²) < 4.78 is 4.87. The van der Waals surface area contributed by atoms with Gasteiger partial charge in [0.1, 0.15) is 0 Å². The second kappa shape index (κ2) is 8.03. The molecule has 0 heterocycles. The summed E-state index contributed by atoms with van der Waals surface area (Å²) in [6, 6.07) is 0. The molecule has 0 spiro atoms. The Kier molecular flexibility index (Phi) is 6.69. The Balaban J connectivity index is 2.34. The molecule has 0 aromatic heterocycles. The van der Waals surface area contributed by atoms with Crippen LogP contribution < -0.4 is 0 Å². The Bertz CT molecular complexity index is 391. The highest BCUT2D eigenvalue weighted by atomic mass is 16.5. The van der Waals surface area contributed by atoms with E-state index in [2.05, 4.69) is 13.8 Å². The second-order valence-corrected chi connectivity index (χ2v) is 6.05. The highest BCUT2D eigenvalue weighted by Crippen LogP contribution is 2.28. The maximum atomic E-state index is 11.7. The van der Waals surface area contributed by atoms with E-state index in [0.29, 0.717) is 6.61 Å². The van der Waals surface area contributed by atoms with E-state index in [-0.39, 0.29) is 23.1 Å². The van der Waals surface area contributed by atoms with E-state index in [9.17, 15) is 9.59 Å². The molecule has 0 saturated carbocycles. The Morgan fingerprint density at radius 1 is 1.50 bits per heavy atom. The fraction of sp³-hybridized carbons (Fsp3) is 0.647. The highest BCUT2D eigenvalue weighted by molar-refractivity contribution is 5.92. The third-order valence-corrected chi connectivity index (χ3v) is 3.70. The van der Waals surface area contributed by atoms with Crippen LogP contribution in [0.2, 0.25) is 0 Å². The van der Waals surface area contributed by atoms with Crippen LogP contribution in [-0.2, 0) is 14.3 Å². The van der Waals surface area contributed by atoms with E-state index in [0.717, 1.165) is 32.1 Å². The average molecular weight is 278 g/mol. The summed E-state index contributed by atoms with van der Waals surface area (Å²) >= 11 is 0. The van der Waals surface area contributed by atoms with Crippen molar-refractivity contribution in [2.75, 3.05) is 6.61 Å². The summed E-state index contributed by atoms with van der Waals surface area (Å²) in [7, 11) is 0. The first-order chi connectivity index (χ1) is 9.44. The fourth-order valence-corrected chi connectivity index (χ4v) is 2.43. The molecule has 0 amide bonds. The van der Waals surface area contributed by atoms with Crippen LogP contribution in [-0.4, -0.2) is 18.4 Å². The van der Waals surface area contributed by atoms with Crippen LogP contribution in [0.5, 0.6) is 0 Å². The molecule has 0 aliphatic heterocycles. The molecule has 1 rings (SSSR count). The first-order valence-corrected chi connectivity index (χ1v) is 7.51. The molecule has 0 bridgehead atoms. The van der Waals surface area contributed by atoms with E-state index in [1.165, 1.54) is 6.08 Å². The van der Waals surface area contributed by atoms with Gasteiger partial charge in [0.15, 0.2) is 5.78 Å². The largest absolute Gasteiger partial charge is 0.463 e. The summed E-state index contributed by atoms with van der Waals surface area (Å²) in [5.41, 5.74) is -0.0414. The lowest BCUT2D eigenvalue weighted by Crippen LogP contribution is -2.16. The van der Waals surface area contributed by atoms with Gasteiger partial charge in [0.05, 0.1) is 6.61 Å². The molecular weight excluding hydrogens is 252 g/mol. The molecule has 1 aliphatic carbocycles. The van der Waals surface area contributed by atoms with Gasteiger partial charge in [0, 0.05) is 12.0 Å². The summed E-state index contributed by atoms with van der Waals surface area (Å²) in [6.45, 7) is 6.41. The minimum absolute atomic E-state index is 0.0414. The van der Waals surface area contributed by atoms with Gasteiger partial charge in [-0.15, -0.1) is 0 Å². The number of esters is 1. The molecule has 20 heavy (non-hydrogen) atoms. The normalized spacial score (nSPS) is 19.6. The Hall–Kier alpha value is -1.38. The molecule has 0 N–H and O–H groups in total. The first kappa shape index (κ1) is 16.7. The standard InChI is InChI=1S/C17H26O3/c1-4-20-16(19)11-13-17(2,3)12-7-9-14-8-5-6-10-15(14)18/h6,10-11,13-14H,4-5,7-9,12H2,1-3H3. The zero-order valence-corrected chi connectivity index (χ0v) is 12.9. The van der Waals surface area contributed by atoms with Crippen molar-refractivity contribution in [2.45, 2.75) is 52.9 Å². The van der Waals surface area contributed by atoms with Crippen LogP contribution in [0.4, 0.5) is 0 Å². The van der Waals surface area contributed by atoms with Gasteiger partial charge in [-0.05, 0) is 44.1 Å².